The van der Waals surface area contributed by atoms with Gasteiger partial charge in [-0.1, -0.05) is 218 Å². The second-order valence-electron chi connectivity index (χ2n) is 15.0. The first-order valence-electron chi connectivity index (χ1n) is 20.0. The normalized spacial score (nSPS) is 11.4. The summed E-state index contributed by atoms with van der Waals surface area (Å²) in [4.78, 5) is 0. The molecule has 0 bridgehead atoms. The molecule has 0 aromatic heterocycles. The molecule has 0 unspecified atom stereocenters. The molecule has 0 atom stereocenters. The molecule has 0 heteroatoms. The molecule has 0 N–H and O–H groups in total. The fourth-order valence-electron chi connectivity index (χ4n) is 7.97. The van der Waals surface area contributed by atoms with Gasteiger partial charge in [0.05, 0.1) is 0 Å². The first kappa shape index (κ1) is 34.9. The Bertz CT molecular complexity index is 2810. The van der Waals surface area contributed by atoms with Crippen molar-refractivity contribution >= 4 is 33.7 Å². The van der Waals surface area contributed by atoms with Crippen molar-refractivity contribution in [1.82, 2.24) is 0 Å². The van der Waals surface area contributed by atoms with Crippen LogP contribution >= 0.6 is 0 Å². The fourth-order valence-corrected chi connectivity index (χ4v) is 7.97. The number of fused-ring (bicyclic) bond motifs is 2. The van der Waals surface area contributed by atoms with Gasteiger partial charge < -0.3 is 0 Å². The zero-order valence-electron chi connectivity index (χ0n) is 32.1. The maximum atomic E-state index is 2.29. The summed E-state index contributed by atoms with van der Waals surface area (Å²) in [6.07, 6.45) is 4.43. The lowest BCUT2D eigenvalue weighted by atomic mass is 9.96. The second-order valence-corrected chi connectivity index (χ2v) is 15.0. The van der Waals surface area contributed by atoms with Crippen LogP contribution in [0.15, 0.2) is 231 Å². The van der Waals surface area contributed by atoms with E-state index in [2.05, 4.69) is 243 Å². The van der Waals surface area contributed by atoms with E-state index >= 15 is 0 Å². The maximum absolute atomic E-state index is 2.29. The van der Waals surface area contributed by atoms with Gasteiger partial charge in [-0.15, -0.1) is 0 Å². The fraction of sp³-hybridized carbons (Fsp3) is 0. The molecule has 10 rings (SSSR count). The third-order valence-corrected chi connectivity index (χ3v) is 11.3. The Hall–Kier alpha value is -7.54. The van der Waals surface area contributed by atoms with Crippen molar-refractivity contribution in [3.8, 4) is 66.8 Å². The quantitative estimate of drug-likeness (QED) is 0.136. The van der Waals surface area contributed by atoms with Crippen LogP contribution in [0.25, 0.3) is 100 Å². The Balaban J connectivity index is 0.799. The zero-order valence-corrected chi connectivity index (χ0v) is 32.1. The van der Waals surface area contributed by atoms with Gasteiger partial charge in [-0.2, -0.15) is 0 Å². The largest absolute Gasteiger partial charge is 0.0622 e. The van der Waals surface area contributed by atoms with Crippen LogP contribution in [0.1, 0.15) is 11.1 Å². The topological polar surface area (TPSA) is 0 Å². The zero-order chi connectivity index (χ0) is 38.7. The molecule has 0 fully saturated rings. The molecule has 0 radical (unpaired) electrons. The molecule has 0 saturated carbocycles. The van der Waals surface area contributed by atoms with Crippen LogP contribution in [-0.4, -0.2) is 0 Å². The Morgan fingerprint density at radius 3 is 0.707 bits per heavy atom. The third kappa shape index (κ3) is 7.40. The minimum atomic E-state index is 1.19. The van der Waals surface area contributed by atoms with Crippen molar-refractivity contribution in [2.45, 2.75) is 0 Å². The van der Waals surface area contributed by atoms with Gasteiger partial charge in [-0.05, 0) is 124 Å². The van der Waals surface area contributed by atoms with Crippen LogP contribution in [0.4, 0.5) is 0 Å². The molecule has 0 aliphatic carbocycles. The summed E-state index contributed by atoms with van der Waals surface area (Å²) in [6, 6.07) is 83.5. The molecule has 0 saturated heterocycles. The van der Waals surface area contributed by atoms with Crippen LogP contribution in [0.2, 0.25) is 0 Å². The maximum Gasteiger partial charge on any atom is -0.0177 e. The van der Waals surface area contributed by atoms with Crippen LogP contribution < -0.4 is 0 Å². The lowest BCUT2D eigenvalue weighted by molar-refractivity contribution is 1.58. The summed E-state index contributed by atoms with van der Waals surface area (Å²) >= 11 is 0. The van der Waals surface area contributed by atoms with E-state index in [4.69, 9.17) is 0 Å². The summed E-state index contributed by atoms with van der Waals surface area (Å²) in [5.41, 5.74) is 17.1. The van der Waals surface area contributed by atoms with Gasteiger partial charge in [0.15, 0.2) is 0 Å². The highest BCUT2D eigenvalue weighted by atomic mass is 14.1. The van der Waals surface area contributed by atoms with Gasteiger partial charge in [0.2, 0.25) is 0 Å². The summed E-state index contributed by atoms with van der Waals surface area (Å²) in [7, 11) is 0. The Kier molecular flexibility index (Phi) is 9.35. The second kappa shape index (κ2) is 15.5. The molecular formula is C58H40. The standard InChI is InChI=1S/C58H40/c1-3-7-43(8-4-1)45-17-21-47(22-18-45)49-25-29-51(30-26-49)55-35-33-53-37-41(13-15-57(53)39-55)11-12-42-14-16-58-40-56(36-34-54(58)38-42)52-31-27-50(28-32-52)48-23-19-46(20-24-48)44-9-5-2-6-10-44/h1-40H/b12-11+. The molecule has 0 aliphatic rings. The third-order valence-electron chi connectivity index (χ3n) is 11.3. The van der Waals surface area contributed by atoms with E-state index in [-0.39, 0.29) is 0 Å². The highest BCUT2D eigenvalue weighted by Crippen LogP contribution is 2.32. The average molecular weight is 737 g/mol. The lowest BCUT2D eigenvalue weighted by Crippen LogP contribution is -1.83. The lowest BCUT2D eigenvalue weighted by Gasteiger charge is -2.08. The Morgan fingerprint density at radius 2 is 0.397 bits per heavy atom. The van der Waals surface area contributed by atoms with Gasteiger partial charge in [0.1, 0.15) is 0 Å². The smallest absolute Gasteiger partial charge is 0.0177 e. The number of hydrogen-bond acceptors (Lipinski definition) is 0. The molecule has 10 aromatic carbocycles. The summed E-state index contributed by atoms with van der Waals surface area (Å²) in [5.74, 6) is 0. The molecule has 272 valence electrons. The molecular weight excluding hydrogens is 697 g/mol. The SMILES string of the molecule is C(=C\c1ccc2cc(-c3ccc(-c4ccc(-c5ccccc5)cc4)cc3)ccc2c1)/c1ccc2cc(-c3ccc(-c4ccc(-c5ccccc5)cc4)cc3)ccc2c1. The minimum Gasteiger partial charge on any atom is -0.0622 e. The van der Waals surface area contributed by atoms with Gasteiger partial charge >= 0.3 is 0 Å². The Labute approximate surface area is 340 Å². The van der Waals surface area contributed by atoms with Gasteiger partial charge in [0.25, 0.3) is 0 Å². The van der Waals surface area contributed by atoms with Crippen molar-refractivity contribution in [1.29, 1.82) is 0 Å². The van der Waals surface area contributed by atoms with E-state index in [0.29, 0.717) is 0 Å². The summed E-state index contributed by atoms with van der Waals surface area (Å²) in [5, 5.41) is 4.95. The molecule has 0 amide bonds. The van der Waals surface area contributed by atoms with E-state index in [0.717, 1.165) is 0 Å². The number of hydrogen-bond donors (Lipinski definition) is 0. The van der Waals surface area contributed by atoms with E-state index in [1.165, 1.54) is 99.4 Å². The van der Waals surface area contributed by atoms with Gasteiger partial charge in [0, 0.05) is 0 Å². The van der Waals surface area contributed by atoms with Crippen molar-refractivity contribution in [2.75, 3.05) is 0 Å². The highest BCUT2D eigenvalue weighted by Gasteiger charge is 2.06. The first-order chi connectivity index (χ1) is 28.7. The summed E-state index contributed by atoms with van der Waals surface area (Å²) in [6.45, 7) is 0. The predicted molar refractivity (Wildman–Crippen MR) is 249 cm³/mol. The van der Waals surface area contributed by atoms with E-state index < -0.39 is 0 Å². The van der Waals surface area contributed by atoms with Crippen molar-refractivity contribution in [3.05, 3.63) is 242 Å². The highest BCUT2D eigenvalue weighted by molar-refractivity contribution is 5.92. The predicted octanol–water partition coefficient (Wildman–Crippen LogP) is 16.2. The molecule has 0 spiro atoms. The molecule has 58 heavy (non-hydrogen) atoms. The monoisotopic (exact) mass is 736 g/mol. The van der Waals surface area contributed by atoms with Crippen molar-refractivity contribution in [2.24, 2.45) is 0 Å². The first-order valence-corrected chi connectivity index (χ1v) is 20.0. The minimum absolute atomic E-state index is 1.19. The average Bonchev–Trinajstić information content (AvgIpc) is 3.31. The van der Waals surface area contributed by atoms with Crippen molar-refractivity contribution in [3.63, 3.8) is 0 Å². The van der Waals surface area contributed by atoms with Gasteiger partial charge in [-0.25, -0.2) is 0 Å². The molecule has 0 heterocycles. The summed E-state index contributed by atoms with van der Waals surface area (Å²) < 4.78 is 0. The Morgan fingerprint density at radius 1 is 0.172 bits per heavy atom. The van der Waals surface area contributed by atoms with Gasteiger partial charge in [-0.3, -0.25) is 0 Å². The molecule has 0 aliphatic heterocycles. The van der Waals surface area contributed by atoms with Crippen molar-refractivity contribution < 1.29 is 0 Å². The van der Waals surface area contributed by atoms with Crippen LogP contribution in [-0.2, 0) is 0 Å². The van der Waals surface area contributed by atoms with E-state index in [1.807, 2.05) is 0 Å². The number of benzene rings is 10. The molecule has 10 aromatic rings. The van der Waals surface area contributed by atoms with E-state index in [9.17, 15) is 0 Å². The van der Waals surface area contributed by atoms with Crippen LogP contribution in [0, 0.1) is 0 Å². The van der Waals surface area contributed by atoms with Crippen LogP contribution in [0.3, 0.4) is 0 Å². The van der Waals surface area contributed by atoms with E-state index in [1.54, 1.807) is 0 Å². The van der Waals surface area contributed by atoms with Crippen LogP contribution in [0.5, 0.6) is 0 Å². The molecule has 0 nitrogen and oxygen atoms in total. The number of rotatable bonds is 8.